The number of carboxylic acids is 2. The van der Waals surface area contributed by atoms with Gasteiger partial charge in [0.05, 0.1) is 0 Å². The second kappa shape index (κ2) is 7.11. The molecule has 0 atom stereocenters. The molecule has 0 unspecified atom stereocenters. The van der Waals surface area contributed by atoms with E-state index in [0.717, 1.165) is 11.1 Å². The van der Waals surface area contributed by atoms with Gasteiger partial charge in [-0.25, -0.2) is 0 Å². The van der Waals surface area contributed by atoms with Crippen LogP contribution in [0.1, 0.15) is 44.7 Å². The standard InChI is InChI=1S/C16H22O5/c1-16(2,3)21-13-7-4-11(5-8-14(17)18)12(10-13)6-9-15(19)20/h4,7,10H,5-6,8-9H2,1-3H3,(H,17,18)(H,19,20). The summed E-state index contributed by atoms with van der Waals surface area (Å²) in [6.45, 7) is 5.80. The Morgan fingerprint density at radius 1 is 1.00 bits per heavy atom. The number of carboxylic acid groups (broad SMARTS) is 2. The van der Waals surface area contributed by atoms with E-state index in [0.29, 0.717) is 18.6 Å². The summed E-state index contributed by atoms with van der Waals surface area (Å²) >= 11 is 0. The third-order valence-electron chi connectivity index (χ3n) is 2.82. The number of hydrogen-bond donors (Lipinski definition) is 2. The van der Waals surface area contributed by atoms with Gasteiger partial charge in [-0.05, 0) is 56.9 Å². The van der Waals surface area contributed by atoms with Gasteiger partial charge in [0.15, 0.2) is 0 Å². The Bertz CT molecular complexity index is 514. The predicted octanol–water partition coefficient (Wildman–Crippen LogP) is 2.90. The van der Waals surface area contributed by atoms with Gasteiger partial charge in [-0.3, -0.25) is 9.59 Å². The molecule has 0 amide bonds. The van der Waals surface area contributed by atoms with Gasteiger partial charge in [0.2, 0.25) is 0 Å². The number of hydrogen-bond acceptors (Lipinski definition) is 3. The number of rotatable bonds is 7. The molecule has 0 saturated heterocycles. The van der Waals surface area contributed by atoms with Crippen LogP contribution in [0.4, 0.5) is 0 Å². The molecule has 0 aromatic heterocycles. The van der Waals surface area contributed by atoms with Crippen LogP contribution in [0.15, 0.2) is 18.2 Å². The molecule has 1 aromatic carbocycles. The van der Waals surface area contributed by atoms with Crippen LogP contribution in [0.3, 0.4) is 0 Å². The maximum atomic E-state index is 10.7. The lowest BCUT2D eigenvalue weighted by molar-refractivity contribution is -0.138. The van der Waals surface area contributed by atoms with Gasteiger partial charge in [-0.15, -0.1) is 0 Å². The molecule has 21 heavy (non-hydrogen) atoms. The minimum Gasteiger partial charge on any atom is -0.488 e. The minimum absolute atomic E-state index is 0.0129. The molecule has 0 bridgehead atoms. The van der Waals surface area contributed by atoms with Gasteiger partial charge in [-0.1, -0.05) is 6.07 Å². The van der Waals surface area contributed by atoms with Crippen LogP contribution in [0.2, 0.25) is 0 Å². The van der Waals surface area contributed by atoms with Gasteiger partial charge >= 0.3 is 11.9 Å². The monoisotopic (exact) mass is 294 g/mol. The van der Waals surface area contributed by atoms with Crippen LogP contribution in [0.25, 0.3) is 0 Å². The number of carbonyl (C=O) groups is 2. The molecular weight excluding hydrogens is 272 g/mol. The average Bonchev–Trinajstić information content (AvgIpc) is 2.32. The van der Waals surface area contributed by atoms with Crippen LogP contribution < -0.4 is 4.74 Å². The first kappa shape index (κ1) is 17.0. The maximum Gasteiger partial charge on any atom is 0.303 e. The summed E-state index contributed by atoms with van der Waals surface area (Å²) in [4.78, 5) is 21.4. The van der Waals surface area contributed by atoms with E-state index in [9.17, 15) is 9.59 Å². The molecule has 0 radical (unpaired) electrons. The van der Waals surface area contributed by atoms with Crippen molar-refractivity contribution >= 4 is 11.9 Å². The Morgan fingerprint density at radius 3 is 2.00 bits per heavy atom. The van der Waals surface area contributed by atoms with E-state index in [1.807, 2.05) is 32.9 Å². The fourth-order valence-electron chi connectivity index (χ4n) is 1.98. The number of aliphatic carboxylic acids is 2. The van der Waals surface area contributed by atoms with Crippen molar-refractivity contribution in [2.24, 2.45) is 0 Å². The average molecular weight is 294 g/mol. The van der Waals surface area contributed by atoms with Crippen molar-refractivity contribution in [1.29, 1.82) is 0 Å². The summed E-state index contributed by atoms with van der Waals surface area (Å²) < 4.78 is 5.77. The Hall–Kier alpha value is -2.04. The summed E-state index contributed by atoms with van der Waals surface area (Å²) in [5, 5.41) is 17.6. The molecule has 5 heteroatoms. The van der Waals surface area contributed by atoms with E-state index in [1.54, 1.807) is 6.07 Å². The first-order valence-electron chi connectivity index (χ1n) is 6.92. The lowest BCUT2D eigenvalue weighted by Crippen LogP contribution is -2.23. The van der Waals surface area contributed by atoms with Crippen molar-refractivity contribution in [3.63, 3.8) is 0 Å². The zero-order valence-corrected chi connectivity index (χ0v) is 12.7. The van der Waals surface area contributed by atoms with Crippen LogP contribution >= 0.6 is 0 Å². The summed E-state index contributed by atoms with van der Waals surface area (Å²) in [5.74, 6) is -1.07. The minimum atomic E-state index is -0.874. The van der Waals surface area contributed by atoms with Crippen molar-refractivity contribution in [3.8, 4) is 5.75 Å². The summed E-state index contributed by atoms with van der Waals surface area (Å²) in [5.41, 5.74) is 1.35. The smallest absolute Gasteiger partial charge is 0.303 e. The van der Waals surface area contributed by atoms with Crippen LogP contribution in [-0.4, -0.2) is 27.8 Å². The van der Waals surface area contributed by atoms with E-state index >= 15 is 0 Å². The number of benzene rings is 1. The number of aryl methyl sites for hydroxylation is 2. The molecule has 0 fully saturated rings. The zero-order valence-electron chi connectivity index (χ0n) is 12.7. The lowest BCUT2D eigenvalue weighted by atomic mass is 9.98. The highest BCUT2D eigenvalue weighted by Crippen LogP contribution is 2.24. The Labute approximate surface area is 124 Å². The summed E-state index contributed by atoms with van der Waals surface area (Å²) in [6.07, 6.45) is 0.796. The molecule has 1 rings (SSSR count). The Kier molecular flexibility index (Phi) is 5.76. The van der Waals surface area contributed by atoms with Crippen molar-refractivity contribution < 1.29 is 24.5 Å². The van der Waals surface area contributed by atoms with Gasteiger partial charge in [0.25, 0.3) is 0 Å². The normalized spacial score (nSPS) is 11.2. The van der Waals surface area contributed by atoms with E-state index in [2.05, 4.69) is 0 Å². The number of ether oxygens (including phenoxy) is 1. The summed E-state index contributed by atoms with van der Waals surface area (Å²) in [6, 6.07) is 5.43. The highest BCUT2D eigenvalue weighted by molar-refractivity contribution is 5.68. The van der Waals surface area contributed by atoms with Crippen molar-refractivity contribution in [2.45, 2.75) is 52.1 Å². The molecule has 0 heterocycles. The van der Waals surface area contributed by atoms with Crippen LogP contribution in [0, 0.1) is 0 Å². The molecule has 0 aliphatic heterocycles. The van der Waals surface area contributed by atoms with Crippen LogP contribution in [0.5, 0.6) is 5.75 Å². The molecule has 0 saturated carbocycles. The quantitative estimate of drug-likeness (QED) is 0.807. The third-order valence-corrected chi connectivity index (χ3v) is 2.82. The first-order chi connectivity index (χ1) is 9.67. The lowest BCUT2D eigenvalue weighted by Gasteiger charge is -2.22. The van der Waals surface area contributed by atoms with Crippen LogP contribution in [-0.2, 0) is 22.4 Å². The van der Waals surface area contributed by atoms with Gasteiger partial charge in [0, 0.05) is 12.8 Å². The Balaban J connectivity index is 2.95. The second-order valence-corrected chi connectivity index (χ2v) is 5.93. The first-order valence-corrected chi connectivity index (χ1v) is 6.92. The highest BCUT2D eigenvalue weighted by atomic mass is 16.5. The fraction of sp³-hybridized carbons (Fsp3) is 0.500. The van der Waals surface area contributed by atoms with E-state index in [-0.39, 0.29) is 18.4 Å². The maximum absolute atomic E-state index is 10.7. The molecule has 0 spiro atoms. The fourth-order valence-corrected chi connectivity index (χ4v) is 1.98. The van der Waals surface area contributed by atoms with Gasteiger partial charge in [0.1, 0.15) is 11.4 Å². The van der Waals surface area contributed by atoms with Crippen molar-refractivity contribution in [2.75, 3.05) is 0 Å². The third kappa shape index (κ3) is 6.79. The van der Waals surface area contributed by atoms with E-state index < -0.39 is 11.9 Å². The summed E-state index contributed by atoms with van der Waals surface area (Å²) in [7, 11) is 0. The van der Waals surface area contributed by atoms with Crippen molar-refractivity contribution in [3.05, 3.63) is 29.3 Å². The molecule has 1 aromatic rings. The Morgan fingerprint density at radius 2 is 1.52 bits per heavy atom. The molecular formula is C16H22O5. The largest absolute Gasteiger partial charge is 0.488 e. The van der Waals surface area contributed by atoms with E-state index in [4.69, 9.17) is 14.9 Å². The molecule has 0 aliphatic rings. The molecule has 2 N–H and O–H groups in total. The highest BCUT2D eigenvalue weighted by Gasteiger charge is 2.14. The predicted molar refractivity (Wildman–Crippen MR) is 78.7 cm³/mol. The zero-order chi connectivity index (χ0) is 16.0. The molecule has 5 nitrogen and oxygen atoms in total. The molecule has 116 valence electrons. The van der Waals surface area contributed by atoms with E-state index in [1.165, 1.54) is 0 Å². The van der Waals surface area contributed by atoms with Gasteiger partial charge in [-0.2, -0.15) is 0 Å². The second-order valence-electron chi connectivity index (χ2n) is 5.93. The van der Waals surface area contributed by atoms with Crippen molar-refractivity contribution in [1.82, 2.24) is 0 Å². The SMILES string of the molecule is CC(C)(C)Oc1ccc(CCC(=O)O)c(CCC(=O)O)c1. The van der Waals surface area contributed by atoms with Gasteiger partial charge < -0.3 is 14.9 Å². The topological polar surface area (TPSA) is 83.8 Å². The molecule has 0 aliphatic carbocycles.